The van der Waals surface area contributed by atoms with Gasteiger partial charge in [0, 0.05) is 12.1 Å². The highest BCUT2D eigenvalue weighted by Gasteiger charge is 2.03. The molecule has 0 aromatic heterocycles. The van der Waals surface area contributed by atoms with Crippen LogP contribution in [0.2, 0.25) is 0 Å². The highest BCUT2D eigenvalue weighted by atomic mass is 16.3. The summed E-state index contributed by atoms with van der Waals surface area (Å²) in [5.41, 5.74) is 0.598. The third-order valence-electron chi connectivity index (χ3n) is 5.10. The maximum Gasteiger partial charge on any atom is 0.251 e. The van der Waals surface area contributed by atoms with E-state index < -0.39 is 0 Å². The van der Waals surface area contributed by atoms with Crippen molar-refractivity contribution in [2.24, 2.45) is 0 Å². The molecule has 0 saturated carbocycles. The van der Waals surface area contributed by atoms with E-state index in [1.807, 2.05) is 0 Å². The number of carbonyl (C=O) groups excluding carboxylic acids is 1. The molecule has 0 unspecified atom stereocenters. The van der Waals surface area contributed by atoms with E-state index in [-0.39, 0.29) is 11.7 Å². The van der Waals surface area contributed by atoms with Crippen LogP contribution >= 0.6 is 0 Å². The third-order valence-corrected chi connectivity index (χ3v) is 5.10. The number of aromatic hydroxyl groups is 1. The molecule has 3 heteroatoms. The van der Waals surface area contributed by atoms with E-state index >= 15 is 0 Å². The van der Waals surface area contributed by atoms with Gasteiger partial charge in [-0.3, -0.25) is 4.79 Å². The molecule has 158 valence electrons. The van der Waals surface area contributed by atoms with Crippen LogP contribution in [0.5, 0.6) is 5.75 Å². The fourth-order valence-electron chi connectivity index (χ4n) is 3.29. The molecule has 0 saturated heterocycles. The Hall–Kier alpha value is -1.77. The summed E-state index contributed by atoms with van der Waals surface area (Å²) in [4.78, 5) is 11.9. The van der Waals surface area contributed by atoms with Crippen LogP contribution < -0.4 is 5.32 Å². The second kappa shape index (κ2) is 17.3. The molecule has 0 bridgehead atoms. The number of unbranched alkanes of at least 4 members (excludes halogenated alkanes) is 12. The van der Waals surface area contributed by atoms with E-state index in [0.29, 0.717) is 5.56 Å². The topological polar surface area (TPSA) is 49.3 Å². The smallest absolute Gasteiger partial charge is 0.251 e. The van der Waals surface area contributed by atoms with Crippen molar-refractivity contribution in [3.05, 3.63) is 42.0 Å². The van der Waals surface area contributed by atoms with Crippen molar-refractivity contribution in [1.29, 1.82) is 0 Å². The Bertz CT molecular complexity index is 522. The van der Waals surface area contributed by atoms with Crippen molar-refractivity contribution < 1.29 is 9.90 Å². The summed E-state index contributed by atoms with van der Waals surface area (Å²) < 4.78 is 0. The molecule has 0 spiro atoms. The first kappa shape index (κ1) is 24.3. The van der Waals surface area contributed by atoms with Gasteiger partial charge in [-0.25, -0.2) is 0 Å². The van der Waals surface area contributed by atoms with Crippen LogP contribution in [0.4, 0.5) is 0 Å². The van der Waals surface area contributed by atoms with Gasteiger partial charge in [0.05, 0.1) is 0 Å². The lowest BCUT2D eigenvalue weighted by Gasteiger charge is -2.05. The van der Waals surface area contributed by atoms with Gasteiger partial charge in [0.25, 0.3) is 5.91 Å². The Morgan fingerprint density at radius 1 is 0.786 bits per heavy atom. The highest BCUT2D eigenvalue weighted by Crippen LogP contribution is 2.11. The van der Waals surface area contributed by atoms with Gasteiger partial charge >= 0.3 is 0 Å². The minimum atomic E-state index is -0.0638. The maximum atomic E-state index is 11.9. The molecular formula is C25H41NO2. The molecule has 1 aromatic rings. The van der Waals surface area contributed by atoms with Crippen LogP contribution in [-0.2, 0) is 0 Å². The summed E-state index contributed by atoms with van der Waals surface area (Å²) in [6, 6.07) is 6.37. The van der Waals surface area contributed by atoms with E-state index in [0.717, 1.165) is 19.4 Å². The zero-order valence-corrected chi connectivity index (χ0v) is 17.9. The quantitative estimate of drug-likeness (QED) is 0.220. The Balaban J connectivity index is 1.84. The van der Waals surface area contributed by atoms with Crippen molar-refractivity contribution in [3.63, 3.8) is 0 Å². The Morgan fingerprint density at radius 3 is 1.86 bits per heavy atom. The molecule has 1 rings (SSSR count). The monoisotopic (exact) mass is 387 g/mol. The van der Waals surface area contributed by atoms with Gasteiger partial charge in [-0.1, -0.05) is 76.9 Å². The van der Waals surface area contributed by atoms with Crippen LogP contribution in [0.1, 0.15) is 107 Å². The first-order chi connectivity index (χ1) is 13.7. The normalized spacial score (nSPS) is 11.2. The minimum absolute atomic E-state index is 0.0638. The van der Waals surface area contributed by atoms with Crippen molar-refractivity contribution in [2.75, 3.05) is 6.54 Å². The predicted molar refractivity (Wildman–Crippen MR) is 120 cm³/mol. The molecule has 3 nitrogen and oxygen atoms in total. The summed E-state index contributed by atoms with van der Waals surface area (Å²) in [7, 11) is 0. The minimum Gasteiger partial charge on any atom is -0.508 e. The fraction of sp³-hybridized carbons (Fsp3) is 0.640. The van der Waals surface area contributed by atoms with Gasteiger partial charge in [-0.2, -0.15) is 0 Å². The molecular weight excluding hydrogens is 346 g/mol. The second-order valence-corrected chi connectivity index (χ2v) is 7.74. The predicted octanol–water partition coefficient (Wildman–Crippen LogP) is 7.16. The van der Waals surface area contributed by atoms with Gasteiger partial charge in [-0.05, 0) is 56.4 Å². The molecule has 28 heavy (non-hydrogen) atoms. The van der Waals surface area contributed by atoms with Crippen molar-refractivity contribution in [1.82, 2.24) is 5.32 Å². The Labute approximate surface area is 172 Å². The number of phenolic OH excluding ortho intramolecular Hbond substituents is 1. The Kier molecular flexibility index (Phi) is 15.0. The molecule has 1 aromatic carbocycles. The number of amides is 1. The maximum absolute atomic E-state index is 11.9. The highest BCUT2D eigenvalue weighted by molar-refractivity contribution is 5.94. The second-order valence-electron chi connectivity index (χ2n) is 7.74. The average molecular weight is 388 g/mol. The molecule has 0 heterocycles. The molecule has 0 radical (unpaired) electrons. The zero-order valence-electron chi connectivity index (χ0n) is 17.9. The first-order valence-corrected chi connectivity index (χ1v) is 11.5. The van der Waals surface area contributed by atoms with Crippen LogP contribution in [0.25, 0.3) is 0 Å². The summed E-state index contributed by atoms with van der Waals surface area (Å²) >= 11 is 0. The number of phenols is 1. The zero-order chi connectivity index (χ0) is 20.3. The Morgan fingerprint density at radius 2 is 1.29 bits per heavy atom. The van der Waals surface area contributed by atoms with Crippen molar-refractivity contribution >= 4 is 5.91 Å². The molecule has 0 atom stereocenters. The summed E-state index contributed by atoms with van der Waals surface area (Å²) in [5, 5.41) is 12.2. The van der Waals surface area contributed by atoms with Crippen LogP contribution in [-0.4, -0.2) is 17.6 Å². The lowest BCUT2D eigenvalue weighted by Crippen LogP contribution is -2.24. The molecule has 0 fully saturated rings. The average Bonchev–Trinajstić information content (AvgIpc) is 2.70. The number of carbonyl (C=O) groups is 1. The molecule has 1 amide bonds. The van der Waals surface area contributed by atoms with Gasteiger partial charge < -0.3 is 10.4 Å². The van der Waals surface area contributed by atoms with Crippen molar-refractivity contribution in [2.45, 2.75) is 96.8 Å². The van der Waals surface area contributed by atoms with E-state index in [2.05, 4.69) is 24.4 Å². The number of rotatable bonds is 17. The molecule has 0 aliphatic carbocycles. The van der Waals surface area contributed by atoms with Crippen LogP contribution in [0.15, 0.2) is 36.4 Å². The lowest BCUT2D eigenvalue weighted by atomic mass is 10.1. The largest absolute Gasteiger partial charge is 0.508 e. The van der Waals surface area contributed by atoms with E-state index in [1.165, 1.54) is 89.2 Å². The number of hydrogen-bond donors (Lipinski definition) is 2. The number of allylic oxidation sites excluding steroid dienone is 2. The molecule has 2 N–H and O–H groups in total. The van der Waals surface area contributed by atoms with Crippen LogP contribution in [0, 0.1) is 0 Å². The number of benzene rings is 1. The van der Waals surface area contributed by atoms with E-state index in [4.69, 9.17) is 0 Å². The van der Waals surface area contributed by atoms with E-state index in [9.17, 15) is 9.90 Å². The van der Waals surface area contributed by atoms with Gasteiger partial charge in [0.2, 0.25) is 0 Å². The summed E-state index contributed by atoms with van der Waals surface area (Å²) in [5.74, 6) is 0.121. The number of nitrogens with one attached hydrogen (secondary N) is 1. The standard InChI is InChI=1S/C25H41NO2/c1-2-3-4-5-6-7-8-9-10-11-12-13-14-15-16-17-22-26-25(28)23-18-20-24(27)21-19-23/h10-11,18-21,27H,2-9,12-17,22H2,1H3,(H,26,28). The molecule has 0 aliphatic heterocycles. The van der Waals surface area contributed by atoms with Gasteiger partial charge in [-0.15, -0.1) is 0 Å². The molecule has 0 aliphatic rings. The summed E-state index contributed by atoms with van der Waals surface area (Å²) in [6.07, 6.45) is 22.8. The van der Waals surface area contributed by atoms with E-state index in [1.54, 1.807) is 12.1 Å². The number of hydrogen-bond acceptors (Lipinski definition) is 2. The van der Waals surface area contributed by atoms with Crippen molar-refractivity contribution in [3.8, 4) is 5.75 Å². The lowest BCUT2D eigenvalue weighted by molar-refractivity contribution is 0.0953. The first-order valence-electron chi connectivity index (χ1n) is 11.5. The van der Waals surface area contributed by atoms with Gasteiger partial charge in [0.1, 0.15) is 5.75 Å². The summed E-state index contributed by atoms with van der Waals surface area (Å²) in [6.45, 7) is 2.99. The van der Waals surface area contributed by atoms with Gasteiger partial charge in [0.15, 0.2) is 0 Å². The fourth-order valence-corrected chi connectivity index (χ4v) is 3.29. The third kappa shape index (κ3) is 13.4. The van der Waals surface area contributed by atoms with Crippen LogP contribution in [0.3, 0.4) is 0 Å². The SMILES string of the molecule is CCCCCCCCCC=CCCCCCCCNC(=O)c1ccc(O)cc1.